The first kappa shape index (κ1) is 25.8. The molecule has 2 aromatic carbocycles. The molecule has 2 amide bonds. The molecule has 0 aliphatic carbocycles. The predicted molar refractivity (Wildman–Crippen MR) is 132 cm³/mol. The maximum Gasteiger partial charge on any atom is 0.242 e. The third-order valence-corrected chi connectivity index (χ3v) is 6.20. The second-order valence-electron chi connectivity index (χ2n) is 8.34. The summed E-state index contributed by atoms with van der Waals surface area (Å²) in [5, 5.41) is 3.00. The Morgan fingerprint density at radius 2 is 1.72 bits per heavy atom. The number of thioether (sulfide) groups is 1. The van der Waals surface area contributed by atoms with Crippen LogP contribution in [0.4, 0.5) is 0 Å². The summed E-state index contributed by atoms with van der Waals surface area (Å²) in [6.45, 7) is 9.13. The van der Waals surface area contributed by atoms with Gasteiger partial charge in [0.15, 0.2) is 0 Å². The van der Waals surface area contributed by atoms with Crippen LogP contribution in [0.2, 0.25) is 0 Å². The van der Waals surface area contributed by atoms with Crippen LogP contribution in [0.25, 0.3) is 0 Å². The molecule has 0 aliphatic rings. The highest BCUT2D eigenvalue weighted by Gasteiger charge is 2.28. The summed E-state index contributed by atoms with van der Waals surface area (Å²) in [5.74, 6) is 1.70. The third kappa shape index (κ3) is 8.23. The second-order valence-corrected chi connectivity index (χ2v) is 9.51. The van der Waals surface area contributed by atoms with Gasteiger partial charge < -0.3 is 15.0 Å². The Morgan fingerprint density at radius 1 is 1.06 bits per heavy atom. The Labute approximate surface area is 196 Å². The smallest absolute Gasteiger partial charge is 0.242 e. The lowest BCUT2D eigenvalue weighted by atomic mass is 10.1. The maximum atomic E-state index is 13.3. The second kappa shape index (κ2) is 13.2. The topological polar surface area (TPSA) is 58.6 Å². The van der Waals surface area contributed by atoms with Crippen LogP contribution in [0, 0.1) is 12.8 Å². The molecule has 0 saturated heterocycles. The fraction of sp³-hybridized carbons (Fsp3) is 0.462. The molecule has 0 fully saturated rings. The zero-order valence-corrected chi connectivity index (χ0v) is 20.7. The van der Waals surface area contributed by atoms with E-state index in [1.807, 2.05) is 31.2 Å². The summed E-state index contributed by atoms with van der Waals surface area (Å²) in [7, 11) is 1.63. The molecule has 2 aromatic rings. The molecular formula is C26H36N2O3S. The number of nitrogens with one attached hydrogen (secondary N) is 1. The molecule has 6 heteroatoms. The normalized spacial score (nSPS) is 11.8. The van der Waals surface area contributed by atoms with E-state index in [1.54, 1.807) is 23.8 Å². The predicted octanol–water partition coefficient (Wildman–Crippen LogP) is 5.07. The summed E-state index contributed by atoms with van der Waals surface area (Å²) >= 11 is 1.66. The number of nitrogens with zero attached hydrogens (tertiary/aromatic N) is 1. The van der Waals surface area contributed by atoms with Crippen LogP contribution >= 0.6 is 11.8 Å². The average Bonchev–Trinajstić information content (AvgIpc) is 2.79. The van der Waals surface area contributed by atoms with Gasteiger partial charge in [-0.05, 0) is 49.1 Å². The number of rotatable bonds is 12. The molecule has 2 rings (SSSR count). The van der Waals surface area contributed by atoms with E-state index in [1.165, 1.54) is 5.56 Å². The van der Waals surface area contributed by atoms with E-state index in [0.29, 0.717) is 37.6 Å². The Morgan fingerprint density at radius 3 is 2.28 bits per heavy atom. The highest BCUT2D eigenvalue weighted by atomic mass is 32.2. The molecule has 0 radical (unpaired) electrons. The summed E-state index contributed by atoms with van der Waals surface area (Å²) in [5.41, 5.74) is 2.19. The van der Waals surface area contributed by atoms with Gasteiger partial charge in [-0.3, -0.25) is 9.59 Å². The van der Waals surface area contributed by atoms with E-state index in [2.05, 4.69) is 50.4 Å². The van der Waals surface area contributed by atoms with E-state index >= 15 is 0 Å². The number of hydrogen-bond donors (Lipinski definition) is 1. The Hall–Kier alpha value is -2.47. The number of benzene rings is 2. The van der Waals surface area contributed by atoms with Crippen molar-refractivity contribution >= 4 is 23.6 Å². The van der Waals surface area contributed by atoms with Gasteiger partial charge in [0.05, 0.1) is 7.11 Å². The van der Waals surface area contributed by atoms with Crippen molar-refractivity contribution in [1.29, 1.82) is 0 Å². The average molecular weight is 457 g/mol. The molecule has 0 heterocycles. The highest BCUT2D eigenvalue weighted by molar-refractivity contribution is 7.99. The Balaban J connectivity index is 2.11. The van der Waals surface area contributed by atoms with Crippen molar-refractivity contribution in [3.8, 4) is 5.75 Å². The number of carbonyl (C=O) groups excluding carboxylic acids is 2. The van der Waals surface area contributed by atoms with Crippen molar-refractivity contribution in [2.24, 2.45) is 5.92 Å². The summed E-state index contributed by atoms with van der Waals surface area (Å²) in [4.78, 5) is 29.1. The van der Waals surface area contributed by atoms with Gasteiger partial charge in [0.2, 0.25) is 11.8 Å². The summed E-state index contributed by atoms with van der Waals surface area (Å²) < 4.78 is 5.24. The van der Waals surface area contributed by atoms with E-state index in [-0.39, 0.29) is 11.8 Å². The molecule has 0 unspecified atom stereocenters. The van der Waals surface area contributed by atoms with Gasteiger partial charge >= 0.3 is 0 Å². The minimum absolute atomic E-state index is 0.00743. The first-order valence-corrected chi connectivity index (χ1v) is 12.2. The van der Waals surface area contributed by atoms with Crippen LogP contribution in [0.5, 0.6) is 5.75 Å². The maximum absolute atomic E-state index is 13.3. The lowest BCUT2D eigenvalue weighted by Crippen LogP contribution is -2.49. The van der Waals surface area contributed by atoms with E-state index in [0.717, 1.165) is 16.2 Å². The van der Waals surface area contributed by atoms with Gasteiger partial charge in [-0.1, -0.05) is 50.6 Å². The van der Waals surface area contributed by atoms with Crippen LogP contribution in [0.1, 0.15) is 44.7 Å². The third-order valence-electron chi connectivity index (χ3n) is 5.19. The summed E-state index contributed by atoms with van der Waals surface area (Å²) in [6.07, 6.45) is 0.944. The van der Waals surface area contributed by atoms with Crippen LogP contribution < -0.4 is 10.1 Å². The van der Waals surface area contributed by atoms with E-state index in [9.17, 15) is 9.59 Å². The van der Waals surface area contributed by atoms with Gasteiger partial charge in [0.25, 0.3) is 0 Å². The molecule has 0 spiro atoms. The fourth-order valence-electron chi connectivity index (χ4n) is 3.30. The number of ether oxygens (including phenoxy) is 1. The van der Waals surface area contributed by atoms with Crippen molar-refractivity contribution in [2.75, 3.05) is 19.4 Å². The van der Waals surface area contributed by atoms with Crippen LogP contribution in [0.15, 0.2) is 53.4 Å². The molecule has 0 aliphatic heterocycles. The lowest BCUT2D eigenvalue weighted by molar-refractivity contribution is -0.141. The highest BCUT2D eigenvalue weighted by Crippen LogP contribution is 2.21. The number of carbonyl (C=O) groups is 2. The number of methoxy groups -OCH3 is 1. The minimum atomic E-state index is -0.493. The van der Waals surface area contributed by atoms with Crippen LogP contribution in [0.3, 0.4) is 0 Å². The van der Waals surface area contributed by atoms with Gasteiger partial charge in [0.1, 0.15) is 11.8 Å². The quantitative estimate of drug-likeness (QED) is 0.453. The molecular weight excluding hydrogens is 420 g/mol. The first-order valence-electron chi connectivity index (χ1n) is 11.2. The SMILES string of the molecule is CC[C@@H](C(=O)NCC(C)C)N(Cc1ccc(OC)cc1)C(=O)CCSc1ccc(C)cc1. The first-order chi connectivity index (χ1) is 15.3. The lowest BCUT2D eigenvalue weighted by Gasteiger charge is -2.31. The largest absolute Gasteiger partial charge is 0.497 e. The van der Waals surface area contributed by atoms with Crippen molar-refractivity contribution in [1.82, 2.24) is 10.2 Å². The fourth-order valence-corrected chi connectivity index (χ4v) is 4.14. The van der Waals surface area contributed by atoms with Crippen LogP contribution in [-0.2, 0) is 16.1 Å². The van der Waals surface area contributed by atoms with E-state index in [4.69, 9.17) is 4.74 Å². The van der Waals surface area contributed by atoms with Gasteiger partial charge in [-0.25, -0.2) is 0 Å². The monoisotopic (exact) mass is 456 g/mol. The van der Waals surface area contributed by atoms with Crippen molar-refractivity contribution in [2.45, 2.75) is 58.0 Å². The standard InChI is InChI=1S/C26H36N2O3S/c1-6-24(26(30)27-17-19(2)3)28(18-21-9-11-22(31-5)12-10-21)25(29)15-16-32-23-13-7-20(4)8-14-23/h7-14,19,24H,6,15-18H2,1-5H3,(H,27,30)/t24-/m0/s1. The molecule has 5 nitrogen and oxygen atoms in total. The van der Waals surface area contributed by atoms with E-state index < -0.39 is 6.04 Å². The molecule has 0 aromatic heterocycles. The van der Waals surface area contributed by atoms with Crippen molar-refractivity contribution in [3.63, 3.8) is 0 Å². The zero-order chi connectivity index (χ0) is 23.5. The molecule has 32 heavy (non-hydrogen) atoms. The van der Waals surface area contributed by atoms with Gasteiger partial charge in [-0.2, -0.15) is 0 Å². The number of amides is 2. The Kier molecular flexibility index (Phi) is 10.6. The molecule has 0 bridgehead atoms. The van der Waals surface area contributed by atoms with Crippen molar-refractivity contribution in [3.05, 3.63) is 59.7 Å². The van der Waals surface area contributed by atoms with Crippen molar-refractivity contribution < 1.29 is 14.3 Å². The zero-order valence-electron chi connectivity index (χ0n) is 19.9. The molecule has 174 valence electrons. The summed E-state index contributed by atoms with van der Waals surface area (Å²) in [6, 6.07) is 15.5. The van der Waals surface area contributed by atoms with Gasteiger partial charge in [-0.15, -0.1) is 11.8 Å². The molecule has 1 N–H and O–H groups in total. The van der Waals surface area contributed by atoms with Crippen LogP contribution in [-0.4, -0.2) is 42.2 Å². The van der Waals surface area contributed by atoms with Gasteiger partial charge in [0, 0.05) is 30.2 Å². The Bertz CT molecular complexity index is 850. The number of aryl methyl sites for hydroxylation is 1. The molecule has 0 saturated carbocycles. The minimum Gasteiger partial charge on any atom is -0.497 e. The molecule has 1 atom stereocenters. The number of hydrogen-bond acceptors (Lipinski definition) is 4.